The molecule has 6 nitrogen and oxygen atoms in total. The van der Waals surface area contributed by atoms with Gasteiger partial charge in [0.1, 0.15) is 5.69 Å². The maximum atomic E-state index is 13.0. The Morgan fingerprint density at radius 1 is 0.926 bits per heavy atom. The number of pyridine rings is 1. The average Bonchev–Trinajstić information content (AvgIpc) is 2.73. The summed E-state index contributed by atoms with van der Waals surface area (Å²) in [5.41, 5.74) is 0.511. The number of likely N-dealkylation sites (N-methyl/N-ethyl adjacent to an activating group) is 1. The van der Waals surface area contributed by atoms with Gasteiger partial charge in [-0.25, -0.2) is 0 Å². The SMILES string of the molecule is CN1CCN(C(=O)C2CCN(C(=O)c3nccc4ccccc34)CC2)CC1. The molecule has 0 N–H and O–H groups in total. The molecule has 4 rings (SSSR count). The standard InChI is InChI=1S/C21H26N4O2/c1-23-12-14-25(15-13-23)20(26)17-7-10-24(11-8-17)21(27)19-18-5-3-2-4-16(18)6-9-22-19/h2-6,9,17H,7-8,10-15H2,1H3. The molecule has 27 heavy (non-hydrogen) atoms. The number of likely N-dealkylation sites (tertiary alicyclic amines) is 1. The molecule has 0 radical (unpaired) electrons. The Hall–Kier alpha value is -2.47. The monoisotopic (exact) mass is 366 g/mol. The second-order valence-corrected chi connectivity index (χ2v) is 7.58. The minimum atomic E-state index is -0.0303. The summed E-state index contributed by atoms with van der Waals surface area (Å²) in [4.78, 5) is 36.2. The number of rotatable bonds is 2. The summed E-state index contributed by atoms with van der Waals surface area (Å²) in [5, 5.41) is 1.91. The van der Waals surface area contributed by atoms with Crippen LogP contribution in [0.4, 0.5) is 0 Å². The quantitative estimate of drug-likeness (QED) is 0.814. The molecule has 0 atom stereocenters. The molecule has 2 aliphatic rings. The molecule has 0 spiro atoms. The smallest absolute Gasteiger partial charge is 0.273 e. The number of fused-ring (bicyclic) bond motifs is 1. The molecule has 2 fully saturated rings. The number of nitrogens with zero attached hydrogens (tertiary/aromatic N) is 4. The summed E-state index contributed by atoms with van der Waals surface area (Å²) in [6.45, 7) is 4.75. The van der Waals surface area contributed by atoms with Crippen LogP contribution in [-0.4, -0.2) is 77.8 Å². The number of benzene rings is 1. The summed E-state index contributed by atoms with van der Waals surface area (Å²) in [5.74, 6) is 0.272. The zero-order chi connectivity index (χ0) is 18.8. The fourth-order valence-electron chi connectivity index (χ4n) is 4.05. The third kappa shape index (κ3) is 3.67. The van der Waals surface area contributed by atoms with Gasteiger partial charge in [0.15, 0.2) is 0 Å². The van der Waals surface area contributed by atoms with Gasteiger partial charge in [-0.05, 0) is 31.3 Å². The molecule has 2 aromatic rings. The second kappa shape index (κ2) is 7.64. The predicted octanol–water partition coefficient (Wildman–Crippen LogP) is 1.86. The predicted molar refractivity (Wildman–Crippen MR) is 104 cm³/mol. The molecule has 6 heteroatoms. The van der Waals surface area contributed by atoms with Crippen LogP contribution in [0.3, 0.4) is 0 Å². The first-order chi connectivity index (χ1) is 13.1. The van der Waals surface area contributed by atoms with Crippen LogP contribution in [0, 0.1) is 5.92 Å². The number of piperidine rings is 1. The molecule has 3 heterocycles. The molecule has 142 valence electrons. The highest BCUT2D eigenvalue weighted by molar-refractivity contribution is 6.05. The highest BCUT2D eigenvalue weighted by Gasteiger charge is 2.32. The summed E-state index contributed by atoms with van der Waals surface area (Å²) < 4.78 is 0. The van der Waals surface area contributed by atoms with Crippen LogP contribution in [0.5, 0.6) is 0 Å². The summed E-state index contributed by atoms with van der Waals surface area (Å²) >= 11 is 0. The summed E-state index contributed by atoms with van der Waals surface area (Å²) in [6.07, 6.45) is 3.17. The van der Waals surface area contributed by atoms with Crippen molar-refractivity contribution in [2.75, 3.05) is 46.3 Å². The molecule has 0 saturated carbocycles. The van der Waals surface area contributed by atoms with Gasteiger partial charge in [0, 0.05) is 56.8 Å². The van der Waals surface area contributed by atoms with E-state index in [1.807, 2.05) is 40.1 Å². The number of amides is 2. The van der Waals surface area contributed by atoms with E-state index in [4.69, 9.17) is 0 Å². The number of hydrogen-bond acceptors (Lipinski definition) is 4. The van der Waals surface area contributed by atoms with Gasteiger partial charge in [-0.1, -0.05) is 24.3 Å². The molecule has 2 aliphatic heterocycles. The number of carbonyl (C=O) groups excluding carboxylic acids is 2. The van der Waals surface area contributed by atoms with Gasteiger partial charge in [-0.15, -0.1) is 0 Å². The van der Waals surface area contributed by atoms with Crippen molar-refractivity contribution in [2.24, 2.45) is 5.92 Å². The van der Waals surface area contributed by atoms with E-state index < -0.39 is 0 Å². The third-order valence-electron chi connectivity index (χ3n) is 5.82. The van der Waals surface area contributed by atoms with E-state index in [1.165, 1.54) is 0 Å². The van der Waals surface area contributed by atoms with E-state index in [9.17, 15) is 9.59 Å². The van der Waals surface area contributed by atoms with Crippen LogP contribution in [0.15, 0.2) is 36.5 Å². The van der Waals surface area contributed by atoms with Gasteiger partial charge in [0.05, 0.1) is 0 Å². The fourth-order valence-corrected chi connectivity index (χ4v) is 4.05. The Morgan fingerprint density at radius 3 is 2.37 bits per heavy atom. The highest BCUT2D eigenvalue weighted by atomic mass is 16.2. The Bertz CT molecular complexity index is 832. The molecular weight excluding hydrogens is 340 g/mol. The molecule has 0 aliphatic carbocycles. The lowest BCUT2D eigenvalue weighted by Crippen LogP contribution is -2.51. The largest absolute Gasteiger partial charge is 0.340 e. The number of aromatic nitrogens is 1. The van der Waals surface area contributed by atoms with Crippen LogP contribution >= 0.6 is 0 Å². The van der Waals surface area contributed by atoms with Crippen LogP contribution in [0.2, 0.25) is 0 Å². The summed E-state index contributed by atoms with van der Waals surface area (Å²) in [7, 11) is 2.09. The Balaban J connectivity index is 1.40. The van der Waals surface area contributed by atoms with Crippen molar-refractivity contribution in [3.8, 4) is 0 Å². The van der Waals surface area contributed by atoms with Gasteiger partial charge in [-0.3, -0.25) is 14.6 Å². The van der Waals surface area contributed by atoms with Gasteiger partial charge in [-0.2, -0.15) is 0 Å². The Morgan fingerprint density at radius 2 is 1.63 bits per heavy atom. The van der Waals surface area contributed by atoms with Crippen LogP contribution < -0.4 is 0 Å². The van der Waals surface area contributed by atoms with Crippen molar-refractivity contribution in [1.82, 2.24) is 19.7 Å². The first-order valence-corrected chi connectivity index (χ1v) is 9.74. The molecular formula is C21H26N4O2. The van der Waals surface area contributed by atoms with E-state index in [0.29, 0.717) is 18.8 Å². The zero-order valence-electron chi connectivity index (χ0n) is 15.8. The van der Waals surface area contributed by atoms with Gasteiger partial charge in [0.2, 0.25) is 5.91 Å². The second-order valence-electron chi connectivity index (χ2n) is 7.58. The lowest BCUT2D eigenvalue weighted by molar-refractivity contribution is -0.138. The Kier molecular flexibility index (Phi) is 5.07. The molecule has 0 bridgehead atoms. The molecule has 2 saturated heterocycles. The number of hydrogen-bond donors (Lipinski definition) is 0. The molecule has 2 amide bonds. The maximum Gasteiger partial charge on any atom is 0.273 e. The molecule has 0 unspecified atom stereocenters. The van der Waals surface area contributed by atoms with Crippen molar-refractivity contribution in [2.45, 2.75) is 12.8 Å². The first kappa shape index (κ1) is 17.9. The van der Waals surface area contributed by atoms with E-state index >= 15 is 0 Å². The Labute approximate surface area is 159 Å². The molecule has 1 aromatic heterocycles. The van der Waals surface area contributed by atoms with Crippen LogP contribution in [0.1, 0.15) is 23.3 Å². The van der Waals surface area contributed by atoms with Crippen molar-refractivity contribution in [3.63, 3.8) is 0 Å². The molecule has 1 aromatic carbocycles. The number of piperazine rings is 1. The third-order valence-corrected chi connectivity index (χ3v) is 5.82. The first-order valence-electron chi connectivity index (χ1n) is 9.74. The minimum absolute atomic E-state index is 0.0303. The fraction of sp³-hybridized carbons (Fsp3) is 0.476. The van der Waals surface area contributed by atoms with Crippen molar-refractivity contribution < 1.29 is 9.59 Å². The zero-order valence-corrected chi connectivity index (χ0v) is 15.8. The van der Waals surface area contributed by atoms with E-state index in [2.05, 4.69) is 16.9 Å². The van der Waals surface area contributed by atoms with Gasteiger partial charge >= 0.3 is 0 Å². The van der Waals surface area contributed by atoms with Gasteiger partial charge in [0.25, 0.3) is 5.91 Å². The van der Waals surface area contributed by atoms with Crippen LogP contribution in [0.25, 0.3) is 10.8 Å². The average molecular weight is 366 g/mol. The van der Waals surface area contributed by atoms with Crippen molar-refractivity contribution >= 4 is 22.6 Å². The summed E-state index contributed by atoms with van der Waals surface area (Å²) in [6, 6.07) is 9.76. The van der Waals surface area contributed by atoms with Crippen LogP contribution in [-0.2, 0) is 4.79 Å². The normalized spacial score (nSPS) is 19.4. The van der Waals surface area contributed by atoms with E-state index in [0.717, 1.165) is 49.8 Å². The van der Waals surface area contributed by atoms with E-state index in [-0.39, 0.29) is 17.7 Å². The van der Waals surface area contributed by atoms with E-state index in [1.54, 1.807) is 6.20 Å². The lowest BCUT2D eigenvalue weighted by atomic mass is 9.94. The van der Waals surface area contributed by atoms with Crippen molar-refractivity contribution in [1.29, 1.82) is 0 Å². The maximum absolute atomic E-state index is 13.0. The van der Waals surface area contributed by atoms with Crippen molar-refractivity contribution in [3.05, 3.63) is 42.2 Å². The highest BCUT2D eigenvalue weighted by Crippen LogP contribution is 2.24. The van der Waals surface area contributed by atoms with Gasteiger partial charge < -0.3 is 14.7 Å². The number of carbonyl (C=O) groups is 2. The lowest BCUT2D eigenvalue weighted by Gasteiger charge is -2.37. The topological polar surface area (TPSA) is 56.8 Å². The minimum Gasteiger partial charge on any atom is -0.340 e.